The summed E-state index contributed by atoms with van der Waals surface area (Å²) in [4.78, 5) is 16.5. The third-order valence-electron chi connectivity index (χ3n) is 5.89. The maximum atomic E-state index is 12.3. The number of likely N-dealkylation sites (tertiary alicyclic amines) is 1. The maximum absolute atomic E-state index is 12.3. The van der Waals surface area contributed by atoms with Crippen molar-refractivity contribution < 1.29 is 13.2 Å². The summed E-state index contributed by atoms with van der Waals surface area (Å²) in [5.74, 6) is 0.336. The van der Waals surface area contributed by atoms with E-state index in [1.165, 1.54) is 0 Å². The Morgan fingerprint density at radius 2 is 1.96 bits per heavy atom. The topological polar surface area (TPSA) is 83.7 Å². The van der Waals surface area contributed by atoms with Gasteiger partial charge in [0.25, 0.3) is 0 Å². The summed E-state index contributed by atoms with van der Waals surface area (Å²) >= 11 is 0. The van der Waals surface area contributed by atoms with E-state index >= 15 is 0 Å². The van der Waals surface area contributed by atoms with E-state index in [-0.39, 0.29) is 29.4 Å². The Morgan fingerprint density at radius 1 is 1.29 bits per heavy atom. The van der Waals surface area contributed by atoms with Gasteiger partial charge in [-0.2, -0.15) is 0 Å². The van der Waals surface area contributed by atoms with Crippen LogP contribution in [0, 0.1) is 5.92 Å². The molecule has 0 radical (unpaired) electrons. The zero-order valence-electron chi connectivity index (χ0n) is 15.4. The zero-order valence-corrected chi connectivity index (χ0v) is 16.3. The van der Waals surface area contributed by atoms with Gasteiger partial charge in [-0.25, -0.2) is 8.42 Å². The van der Waals surface area contributed by atoms with Crippen molar-refractivity contribution in [3.63, 3.8) is 0 Å². The highest BCUT2D eigenvalue weighted by molar-refractivity contribution is 7.91. The van der Waals surface area contributed by atoms with E-state index in [9.17, 15) is 13.2 Å². The third kappa shape index (κ3) is 4.29. The monoisotopic (exact) mass is 359 g/mol. The summed E-state index contributed by atoms with van der Waals surface area (Å²) in [6.07, 6.45) is 3.38. The average Bonchev–Trinajstić information content (AvgIpc) is 2.86. The quantitative estimate of drug-likeness (QED) is 0.760. The summed E-state index contributed by atoms with van der Waals surface area (Å²) in [6, 6.07) is 0.412. The SMILES string of the molecule is CCS(=O)(=O)C[C@@H]1C[C@H](N(C)C(C)C)CC[C@@H]1N1CCC(N)C1=O. The molecule has 4 atom stereocenters. The summed E-state index contributed by atoms with van der Waals surface area (Å²) in [6.45, 7) is 6.68. The van der Waals surface area contributed by atoms with Crippen molar-refractivity contribution in [3.05, 3.63) is 0 Å². The van der Waals surface area contributed by atoms with Crippen LogP contribution in [0.25, 0.3) is 0 Å². The molecule has 1 heterocycles. The van der Waals surface area contributed by atoms with Gasteiger partial charge in [0, 0.05) is 30.4 Å². The molecular weight excluding hydrogens is 326 g/mol. The van der Waals surface area contributed by atoms with Crippen LogP contribution in [-0.2, 0) is 14.6 Å². The van der Waals surface area contributed by atoms with E-state index in [0.717, 1.165) is 19.3 Å². The van der Waals surface area contributed by atoms with E-state index in [4.69, 9.17) is 5.73 Å². The number of hydrogen-bond donors (Lipinski definition) is 1. The number of nitrogens with zero attached hydrogens (tertiary/aromatic N) is 2. The van der Waals surface area contributed by atoms with Crippen molar-refractivity contribution in [1.82, 2.24) is 9.80 Å². The molecule has 2 rings (SSSR count). The van der Waals surface area contributed by atoms with Crippen molar-refractivity contribution >= 4 is 15.7 Å². The first-order valence-electron chi connectivity index (χ1n) is 9.14. The summed E-state index contributed by atoms with van der Waals surface area (Å²) < 4.78 is 24.5. The van der Waals surface area contributed by atoms with Gasteiger partial charge in [-0.3, -0.25) is 4.79 Å². The number of carbonyl (C=O) groups excluding carboxylic acids is 1. The molecular formula is C17H33N3O3S. The molecule has 6 nitrogen and oxygen atoms in total. The van der Waals surface area contributed by atoms with Gasteiger partial charge >= 0.3 is 0 Å². The van der Waals surface area contributed by atoms with E-state index < -0.39 is 15.9 Å². The highest BCUT2D eigenvalue weighted by Crippen LogP contribution is 2.34. The van der Waals surface area contributed by atoms with Gasteiger partial charge in [0.2, 0.25) is 5.91 Å². The molecule has 7 heteroatoms. The van der Waals surface area contributed by atoms with Crippen molar-refractivity contribution in [2.75, 3.05) is 25.1 Å². The molecule has 1 amide bonds. The lowest BCUT2D eigenvalue weighted by Gasteiger charge is -2.44. The standard InChI is InChI=1S/C17H33N3O3S/c1-5-24(22,23)11-13-10-14(19(4)12(2)3)6-7-16(13)20-9-8-15(18)17(20)21/h12-16H,5-11,18H2,1-4H3/t13-,14+,15?,16-/m0/s1. The minimum Gasteiger partial charge on any atom is -0.338 e. The molecule has 140 valence electrons. The highest BCUT2D eigenvalue weighted by Gasteiger charge is 2.42. The minimum absolute atomic E-state index is 0.00384. The van der Waals surface area contributed by atoms with Crippen molar-refractivity contribution in [1.29, 1.82) is 0 Å². The van der Waals surface area contributed by atoms with Crippen LogP contribution in [0.5, 0.6) is 0 Å². The molecule has 2 fully saturated rings. The molecule has 1 saturated heterocycles. The number of rotatable bonds is 6. The summed E-state index contributed by atoms with van der Waals surface area (Å²) in [5, 5.41) is 0. The second-order valence-corrected chi connectivity index (χ2v) is 10.1. The molecule has 1 unspecified atom stereocenters. The lowest BCUT2D eigenvalue weighted by atomic mass is 9.81. The fraction of sp³-hybridized carbons (Fsp3) is 0.941. The van der Waals surface area contributed by atoms with E-state index in [0.29, 0.717) is 25.0 Å². The van der Waals surface area contributed by atoms with Crippen LogP contribution < -0.4 is 5.73 Å². The number of carbonyl (C=O) groups is 1. The number of hydrogen-bond acceptors (Lipinski definition) is 5. The Labute approximate surface area is 146 Å². The van der Waals surface area contributed by atoms with Gasteiger partial charge in [-0.1, -0.05) is 6.92 Å². The summed E-state index contributed by atoms with van der Waals surface area (Å²) in [5.41, 5.74) is 5.87. The van der Waals surface area contributed by atoms with Crippen molar-refractivity contribution in [2.45, 2.75) is 70.6 Å². The van der Waals surface area contributed by atoms with Gasteiger partial charge in [0.05, 0.1) is 11.8 Å². The first kappa shape index (κ1) is 19.7. The fourth-order valence-corrected chi connectivity index (χ4v) is 5.35. The molecule has 1 aliphatic carbocycles. The van der Waals surface area contributed by atoms with E-state index in [2.05, 4.69) is 25.8 Å². The minimum atomic E-state index is -3.07. The fourth-order valence-electron chi connectivity index (χ4n) is 4.10. The van der Waals surface area contributed by atoms with Gasteiger partial charge in [0.15, 0.2) is 0 Å². The van der Waals surface area contributed by atoms with Crippen LogP contribution in [0.2, 0.25) is 0 Å². The lowest BCUT2D eigenvalue weighted by molar-refractivity contribution is -0.132. The second kappa shape index (κ2) is 7.70. The molecule has 0 spiro atoms. The first-order chi connectivity index (χ1) is 11.2. The molecule has 0 aromatic heterocycles. The van der Waals surface area contributed by atoms with Crippen molar-refractivity contribution in [2.24, 2.45) is 11.7 Å². The molecule has 2 aliphatic rings. The molecule has 2 N–H and O–H groups in total. The van der Waals surface area contributed by atoms with Gasteiger partial charge < -0.3 is 15.5 Å². The second-order valence-electron chi connectivity index (χ2n) is 7.68. The predicted molar refractivity (Wildman–Crippen MR) is 96.4 cm³/mol. The number of nitrogens with two attached hydrogens (primary N) is 1. The van der Waals surface area contributed by atoms with E-state index in [1.807, 2.05) is 4.90 Å². The average molecular weight is 360 g/mol. The highest BCUT2D eigenvalue weighted by atomic mass is 32.2. The van der Waals surface area contributed by atoms with Gasteiger partial charge in [-0.05, 0) is 52.5 Å². The predicted octanol–water partition coefficient (Wildman–Crippen LogP) is 0.858. The summed E-state index contributed by atoms with van der Waals surface area (Å²) in [7, 11) is -0.961. The van der Waals surface area contributed by atoms with Crippen LogP contribution >= 0.6 is 0 Å². The molecule has 0 bridgehead atoms. The van der Waals surface area contributed by atoms with E-state index in [1.54, 1.807) is 6.92 Å². The molecule has 24 heavy (non-hydrogen) atoms. The Morgan fingerprint density at radius 3 is 2.46 bits per heavy atom. The maximum Gasteiger partial charge on any atom is 0.239 e. The van der Waals surface area contributed by atoms with Crippen LogP contribution in [0.15, 0.2) is 0 Å². The molecule has 0 aromatic carbocycles. The van der Waals surface area contributed by atoms with Gasteiger partial charge in [-0.15, -0.1) is 0 Å². The van der Waals surface area contributed by atoms with Crippen molar-refractivity contribution in [3.8, 4) is 0 Å². The largest absolute Gasteiger partial charge is 0.338 e. The normalized spacial score (nSPS) is 32.1. The Balaban J connectivity index is 2.18. The first-order valence-corrected chi connectivity index (χ1v) is 11.0. The zero-order chi connectivity index (χ0) is 18.1. The molecule has 1 saturated carbocycles. The third-order valence-corrected chi connectivity index (χ3v) is 7.71. The Bertz CT molecular complexity index is 549. The Hall–Kier alpha value is -0.660. The number of amides is 1. The van der Waals surface area contributed by atoms with Crippen LogP contribution in [-0.4, -0.2) is 73.4 Å². The Kier molecular flexibility index (Phi) is 6.31. The molecule has 0 aromatic rings. The van der Waals surface area contributed by atoms with Crippen LogP contribution in [0.4, 0.5) is 0 Å². The number of sulfone groups is 1. The molecule has 1 aliphatic heterocycles. The lowest BCUT2D eigenvalue weighted by Crippen LogP contribution is -2.52. The smallest absolute Gasteiger partial charge is 0.239 e. The van der Waals surface area contributed by atoms with Gasteiger partial charge in [0.1, 0.15) is 9.84 Å². The van der Waals surface area contributed by atoms with Crippen LogP contribution in [0.3, 0.4) is 0 Å². The van der Waals surface area contributed by atoms with Crippen LogP contribution in [0.1, 0.15) is 46.5 Å².